The molecule has 0 aliphatic carbocycles. The predicted octanol–water partition coefficient (Wildman–Crippen LogP) is -0.322. The Bertz CT molecular complexity index is 163. The SMILES string of the molecule is C=CC(O)CSCC(N)C(=O)O. The van der Waals surface area contributed by atoms with Gasteiger partial charge in [-0.3, -0.25) is 4.79 Å². The molecule has 70 valence electrons. The summed E-state index contributed by atoms with van der Waals surface area (Å²) in [5.41, 5.74) is 5.22. The lowest BCUT2D eigenvalue weighted by Gasteiger charge is -2.07. The highest BCUT2D eigenvalue weighted by Gasteiger charge is 2.11. The maximum absolute atomic E-state index is 10.2. The van der Waals surface area contributed by atoms with Gasteiger partial charge in [0.15, 0.2) is 0 Å². The first-order valence-electron chi connectivity index (χ1n) is 3.44. The van der Waals surface area contributed by atoms with Crippen molar-refractivity contribution in [3.8, 4) is 0 Å². The van der Waals surface area contributed by atoms with Crippen LogP contribution in [-0.2, 0) is 4.79 Å². The summed E-state index contributed by atoms with van der Waals surface area (Å²) in [5, 5.41) is 17.4. The first-order chi connectivity index (χ1) is 5.57. The highest BCUT2D eigenvalue weighted by Crippen LogP contribution is 2.04. The molecule has 0 bridgehead atoms. The maximum Gasteiger partial charge on any atom is 0.321 e. The lowest BCUT2D eigenvalue weighted by Crippen LogP contribution is -2.32. The lowest BCUT2D eigenvalue weighted by molar-refractivity contribution is -0.137. The molecule has 4 N–H and O–H groups in total. The number of carboxylic acid groups (broad SMARTS) is 1. The summed E-state index contributed by atoms with van der Waals surface area (Å²) >= 11 is 1.30. The van der Waals surface area contributed by atoms with Crippen LogP contribution < -0.4 is 5.73 Å². The van der Waals surface area contributed by atoms with Gasteiger partial charge < -0.3 is 15.9 Å². The average molecular weight is 191 g/mol. The fraction of sp³-hybridized carbons (Fsp3) is 0.571. The summed E-state index contributed by atoms with van der Waals surface area (Å²) in [5.74, 6) is -0.277. The van der Waals surface area contributed by atoms with E-state index in [1.165, 1.54) is 17.8 Å². The molecule has 0 aromatic rings. The number of thioether (sulfide) groups is 1. The van der Waals surface area contributed by atoms with Crippen LogP contribution in [0.1, 0.15) is 0 Å². The number of rotatable bonds is 6. The number of aliphatic hydroxyl groups is 1. The highest BCUT2D eigenvalue weighted by atomic mass is 32.2. The van der Waals surface area contributed by atoms with E-state index in [0.717, 1.165) is 0 Å². The second kappa shape index (κ2) is 6.05. The van der Waals surface area contributed by atoms with Gasteiger partial charge >= 0.3 is 5.97 Å². The molecule has 0 amide bonds. The first-order valence-corrected chi connectivity index (χ1v) is 4.60. The molecule has 0 saturated heterocycles. The molecule has 0 spiro atoms. The summed E-state index contributed by atoms with van der Waals surface area (Å²) in [6, 6.07) is -0.855. The van der Waals surface area contributed by atoms with Crippen molar-refractivity contribution in [2.24, 2.45) is 5.73 Å². The molecule has 2 unspecified atom stereocenters. The molecule has 0 radical (unpaired) electrons. The van der Waals surface area contributed by atoms with Crippen molar-refractivity contribution < 1.29 is 15.0 Å². The van der Waals surface area contributed by atoms with E-state index in [1.807, 2.05) is 0 Å². The van der Waals surface area contributed by atoms with Crippen LogP contribution in [0.15, 0.2) is 12.7 Å². The number of carbonyl (C=O) groups is 1. The van der Waals surface area contributed by atoms with Crippen LogP contribution in [0.3, 0.4) is 0 Å². The lowest BCUT2D eigenvalue weighted by atomic mass is 10.4. The molecule has 2 atom stereocenters. The predicted molar refractivity (Wildman–Crippen MR) is 49.1 cm³/mol. The first kappa shape index (κ1) is 11.5. The number of aliphatic hydroxyl groups excluding tert-OH is 1. The third kappa shape index (κ3) is 5.17. The summed E-state index contributed by atoms with van der Waals surface area (Å²) < 4.78 is 0. The number of hydrogen-bond donors (Lipinski definition) is 3. The zero-order chi connectivity index (χ0) is 9.56. The van der Waals surface area contributed by atoms with E-state index in [1.54, 1.807) is 0 Å². The van der Waals surface area contributed by atoms with Gasteiger partial charge in [0, 0.05) is 11.5 Å². The van der Waals surface area contributed by atoms with Crippen LogP contribution in [-0.4, -0.2) is 39.8 Å². The third-order valence-electron chi connectivity index (χ3n) is 1.18. The Hall–Kier alpha value is -0.520. The van der Waals surface area contributed by atoms with Crippen LogP contribution in [0.4, 0.5) is 0 Å². The number of nitrogens with two attached hydrogens (primary N) is 1. The fourth-order valence-electron chi connectivity index (χ4n) is 0.455. The van der Waals surface area contributed by atoms with Gasteiger partial charge in [-0.2, -0.15) is 11.8 Å². The van der Waals surface area contributed by atoms with Crippen molar-refractivity contribution >= 4 is 17.7 Å². The average Bonchev–Trinajstić information content (AvgIpc) is 2.03. The van der Waals surface area contributed by atoms with E-state index in [2.05, 4.69) is 6.58 Å². The Morgan fingerprint density at radius 3 is 2.67 bits per heavy atom. The van der Waals surface area contributed by atoms with Crippen molar-refractivity contribution in [2.45, 2.75) is 12.1 Å². The third-order valence-corrected chi connectivity index (χ3v) is 2.35. The van der Waals surface area contributed by atoms with Gasteiger partial charge in [-0.05, 0) is 0 Å². The minimum Gasteiger partial charge on any atom is -0.480 e. The molecule has 0 fully saturated rings. The van der Waals surface area contributed by atoms with Gasteiger partial charge in [-0.1, -0.05) is 6.08 Å². The van der Waals surface area contributed by atoms with Crippen molar-refractivity contribution in [3.63, 3.8) is 0 Å². The molecule has 4 nitrogen and oxygen atoms in total. The summed E-state index contributed by atoms with van der Waals surface area (Å²) in [6.07, 6.45) is 0.815. The number of carboxylic acids is 1. The van der Waals surface area contributed by atoms with E-state index in [4.69, 9.17) is 15.9 Å². The van der Waals surface area contributed by atoms with Gasteiger partial charge in [0.2, 0.25) is 0 Å². The van der Waals surface area contributed by atoms with Gasteiger partial charge in [0.05, 0.1) is 6.10 Å². The van der Waals surface area contributed by atoms with Crippen LogP contribution in [0.25, 0.3) is 0 Å². The van der Waals surface area contributed by atoms with E-state index < -0.39 is 18.1 Å². The summed E-state index contributed by atoms with van der Waals surface area (Å²) in [4.78, 5) is 10.2. The molecule has 0 aromatic carbocycles. The Kier molecular flexibility index (Phi) is 5.79. The summed E-state index contributed by atoms with van der Waals surface area (Å²) in [7, 11) is 0. The van der Waals surface area contributed by atoms with E-state index in [0.29, 0.717) is 11.5 Å². The number of hydrogen-bond acceptors (Lipinski definition) is 4. The largest absolute Gasteiger partial charge is 0.480 e. The molecule has 12 heavy (non-hydrogen) atoms. The Balaban J connectivity index is 3.43. The molecule has 0 saturated carbocycles. The summed E-state index contributed by atoms with van der Waals surface area (Å²) in [6.45, 7) is 3.38. The second-order valence-electron chi connectivity index (χ2n) is 2.29. The highest BCUT2D eigenvalue weighted by molar-refractivity contribution is 7.99. The molecule has 5 heteroatoms. The standard InChI is InChI=1S/C7H13NO3S/c1-2-5(9)3-12-4-6(8)7(10)11/h2,5-6,9H,1,3-4,8H2,(H,10,11). The van der Waals surface area contributed by atoms with Gasteiger partial charge in [0.1, 0.15) is 6.04 Å². The molecule has 0 aromatic heterocycles. The van der Waals surface area contributed by atoms with E-state index in [-0.39, 0.29) is 0 Å². The Morgan fingerprint density at radius 2 is 2.25 bits per heavy atom. The Labute approximate surface area is 75.5 Å². The molecular weight excluding hydrogens is 178 g/mol. The van der Waals surface area contributed by atoms with Crippen molar-refractivity contribution in [1.82, 2.24) is 0 Å². The normalized spacial score (nSPS) is 15.2. The number of aliphatic carboxylic acids is 1. The van der Waals surface area contributed by atoms with Crippen LogP contribution in [0.5, 0.6) is 0 Å². The zero-order valence-electron chi connectivity index (χ0n) is 6.64. The quantitative estimate of drug-likeness (QED) is 0.501. The van der Waals surface area contributed by atoms with Gasteiger partial charge in [-0.25, -0.2) is 0 Å². The topological polar surface area (TPSA) is 83.5 Å². The minimum atomic E-state index is -1.02. The molecular formula is C7H13NO3S. The maximum atomic E-state index is 10.2. The Morgan fingerprint density at radius 1 is 1.67 bits per heavy atom. The van der Waals surface area contributed by atoms with Crippen LogP contribution in [0, 0.1) is 0 Å². The fourth-order valence-corrected chi connectivity index (χ4v) is 1.37. The second-order valence-corrected chi connectivity index (χ2v) is 3.36. The van der Waals surface area contributed by atoms with Crippen LogP contribution >= 0.6 is 11.8 Å². The monoisotopic (exact) mass is 191 g/mol. The van der Waals surface area contributed by atoms with Gasteiger partial charge in [-0.15, -0.1) is 6.58 Å². The van der Waals surface area contributed by atoms with Crippen molar-refractivity contribution in [3.05, 3.63) is 12.7 Å². The molecule has 0 rings (SSSR count). The smallest absolute Gasteiger partial charge is 0.321 e. The zero-order valence-corrected chi connectivity index (χ0v) is 7.46. The minimum absolute atomic E-state index is 0.306. The molecule has 0 aliphatic heterocycles. The molecule has 0 aliphatic rings. The molecule has 0 heterocycles. The van der Waals surface area contributed by atoms with Crippen LogP contribution in [0.2, 0.25) is 0 Å². The van der Waals surface area contributed by atoms with E-state index >= 15 is 0 Å². The van der Waals surface area contributed by atoms with E-state index in [9.17, 15) is 4.79 Å². The van der Waals surface area contributed by atoms with Gasteiger partial charge in [0.25, 0.3) is 0 Å². The van der Waals surface area contributed by atoms with Crippen molar-refractivity contribution in [1.29, 1.82) is 0 Å². The van der Waals surface area contributed by atoms with Crippen molar-refractivity contribution in [2.75, 3.05) is 11.5 Å².